The van der Waals surface area contributed by atoms with Gasteiger partial charge in [0.2, 0.25) is 5.88 Å². The fraction of sp³-hybridized carbons (Fsp3) is 0.414. The van der Waals surface area contributed by atoms with Gasteiger partial charge in [-0.05, 0) is 69.9 Å². The van der Waals surface area contributed by atoms with E-state index in [2.05, 4.69) is 55.1 Å². The van der Waals surface area contributed by atoms with E-state index in [0.29, 0.717) is 42.6 Å². The lowest BCUT2D eigenvalue weighted by molar-refractivity contribution is 0.00651. The normalized spacial score (nSPS) is 15.2. The molecule has 0 atom stereocenters. The molecule has 1 fully saturated rings. The molecule has 0 spiro atoms. The van der Waals surface area contributed by atoms with E-state index in [1.807, 2.05) is 27.8 Å². The lowest BCUT2D eigenvalue weighted by atomic mass is 9.83. The number of aromatic amines is 1. The Morgan fingerprint density at radius 3 is 2.51 bits per heavy atom. The predicted molar refractivity (Wildman–Crippen MR) is 156 cm³/mol. The monoisotopic (exact) mass is 534 g/mol. The Hall–Kier alpha value is -4.05. The first-order chi connectivity index (χ1) is 18.7. The van der Waals surface area contributed by atoms with Gasteiger partial charge in [-0.25, -0.2) is 4.98 Å². The second kappa shape index (κ2) is 12.2. The Labute approximate surface area is 228 Å². The summed E-state index contributed by atoms with van der Waals surface area (Å²) in [6.45, 7) is 9.13. The maximum atomic E-state index is 11.6. The van der Waals surface area contributed by atoms with Gasteiger partial charge in [-0.3, -0.25) is 9.59 Å². The van der Waals surface area contributed by atoms with E-state index in [-0.39, 0.29) is 5.56 Å². The molecule has 2 aliphatic rings. The van der Waals surface area contributed by atoms with Crippen LogP contribution in [0.1, 0.15) is 42.6 Å². The molecular weight excluding hydrogens is 496 g/mol. The SMILES string of the molecule is CNc1ccc(N2CCC(C(C)(C)O)CC2)cc1.Cc1c(Nc2cc[nH]c(=O)c2C=O)cnc2c1NCCO2. The van der Waals surface area contributed by atoms with Crippen molar-refractivity contribution in [3.8, 4) is 5.88 Å². The number of nitrogens with one attached hydrogen (secondary N) is 4. The summed E-state index contributed by atoms with van der Waals surface area (Å²) < 4.78 is 5.46. The molecule has 5 N–H and O–H groups in total. The molecular formula is C29H38N6O4. The van der Waals surface area contributed by atoms with Crippen LogP contribution in [0, 0.1) is 12.8 Å². The van der Waals surface area contributed by atoms with Crippen molar-refractivity contribution in [3.05, 3.63) is 64.2 Å². The summed E-state index contributed by atoms with van der Waals surface area (Å²) in [6.07, 6.45) is 5.77. The topological polar surface area (TPSA) is 132 Å². The molecule has 208 valence electrons. The summed E-state index contributed by atoms with van der Waals surface area (Å²) in [5.74, 6) is 0.983. The molecule has 2 aromatic heterocycles. The zero-order valence-corrected chi connectivity index (χ0v) is 23.0. The molecule has 3 aromatic rings. The Morgan fingerprint density at radius 1 is 1.15 bits per heavy atom. The van der Waals surface area contributed by atoms with Gasteiger partial charge in [0.25, 0.3) is 5.56 Å². The number of aldehydes is 1. The Balaban J connectivity index is 0.000000183. The summed E-state index contributed by atoms with van der Waals surface area (Å²) in [7, 11) is 1.93. The quantitative estimate of drug-likeness (QED) is 0.296. The fourth-order valence-corrected chi connectivity index (χ4v) is 4.89. The number of fused-ring (bicyclic) bond motifs is 1. The molecule has 4 heterocycles. The van der Waals surface area contributed by atoms with Crippen LogP contribution in [-0.2, 0) is 0 Å². The van der Waals surface area contributed by atoms with Crippen LogP contribution in [0.2, 0.25) is 0 Å². The van der Waals surface area contributed by atoms with Crippen LogP contribution < -0.4 is 31.1 Å². The number of pyridine rings is 2. The van der Waals surface area contributed by atoms with E-state index in [4.69, 9.17) is 4.74 Å². The largest absolute Gasteiger partial charge is 0.474 e. The smallest absolute Gasteiger partial charge is 0.260 e. The van der Waals surface area contributed by atoms with Crippen molar-refractivity contribution >= 4 is 34.7 Å². The number of aliphatic hydroxyl groups is 1. The van der Waals surface area contributed by atoms with E-state index in [9.17, 15) is 14.7 Å². The van der Waals surface area contributed by atoms with Gasteiger partial charge in [-0.2, -0.15) is 0 Å². The van der Waals surface area contributed by atoms with Crippen LogP contribution in [-0.4, -0.2) is 60.3 Å². The number of ether oxygens (including phenoxy) is 1. The number of nitrogens with zero attached hydrogens (tertiary/aromatic N) is 2. The first-order valence-electron chi connectivity index (χ1n) is 13.3. The predicted octanol–water partition coefficient (Wildman–Crippen LogP) is 4.15. The summed E-state index contributed by atoms with van der Waals surface area (Å²) in [5, 5.41) is 19.5. The van der Waals surface area contributed by atoms with E-state index < -0.39 is 11.2 Å². The highest BCUT2D eigenvalue weighted by Crippen LogP contribution is 2.34. The second-order valence-corrected chi connectivity index (χ2v) is 10.3. The average Bonchev–Trinajstić information content (AvgIpc) is 2.95. The molecule has 2 aliphatic heterocycles. The van der Waals surface area contributed by atoms with Gasteiger partial charge in [-0.1, -0.05) is 0 Å². The van der Waals surface area contributed by atoms with Gasteiger partial charge in [0, 0.05) is 49.8 Å². The van der Waals surface area contributed by atoms with Gasteiger partial charge in [0.1, 0.15) is 17.9 Å². The number of hydrogen-bond donors (Lipinski definition) is 5. The van der Waals surface area contributed by atoms with Crippen LogP contribution in [0.4, 0.5) is 28.4 Å². The van der Waals surface area contributed by atoms with E-state index in [1.54, 1.807) is 12.3 Å². The van der Waals surface area contributed by atoms with E-state index in [0.717, 1.165) is 42.9 Å². The maximum Gasteiger partial charge on any atom is 0.260 e. The zero-order valence-electron chi connectivity index (χ0n) is 23.0. The minimum Gasteiger partial charge on any atom is -0.474 e. The molecule has 0 saturated carbocycles. The van der Waals surface area contributed by atoms with Crippen LogP contribution in [0.15, 0.2) is 47.5 Å². The second-order valence-electron chi connectivity index (χ2n) is 10.3. The van der Waals surface area contributed by atoms with Crippen molar-refractivity contribution in [1.29, 1.82) is 0 Å². The highest BCUT2D eigenvalue weighted by atomic mass is 16.5. The fourth-order valence-electron chi connectivity index (χ4n) is 4.89. The summed E-state index contributed by atoms with van der Waals surface area (Å²) in [4.78, 5) is 31.8. The molecule has 0 aliphatic carbocycles. The summed E-state index contributed by atoms with van der Waals surface area (Å²) in [5.41, 5.74) is 4.39. The van der Waals surface area contributed by atoms with Crippen LogP contribution in [0.5, 0.6) is 5.88 Å². The van der Waals surface area contributed by atoms with Gasteiger partial charge >= 0.3 is 0 Å². The van der Waals surface area contributed by atoms with Gasteiger partial charge in [0.15, 0.2) is 6.29 Å². The molecule has 5 rings (SSSR count). The van der Waals surface area contributed by atoms with E-state index in [1.165, 1.54) is 11.9 Å². The molecule has 0 bridgehead atoms. The molecule has 1 saturated heterocycles. The molecule has 10 nitrogen and oxygen atoms in total. The van der Waals surface area contributed by atoms with Gasteiger partial charge in [-0.15, -0.1) is 0 Å². The number of hydrogen-bond acceptors (Lipinski definition) is 9. The molecule has 0 amide bonds. The van der Waals surface area contributed by atoms with Crippen molar-refractivity contribution in [2.75, 3.05) is 54.1 Å². The lowest BCUT2D eigenvalue weighted by Crippen LogP contribution is -2.41. The van der Waals surface area contributed by atoms with Gasteiger partial charge in [0.05, 0.1) is 23.2 Å². The Morgan fingerprint density at radius 2 is 1.87 bits per heavy atom. The number of carbonyl (C=O) groups excluding carboxylic acids is 1. The third-order valence-corrected chi connectivity index (χ3v) is 7.35. The maximum absolute atomic E-state index is 11.6. The van der Waals surface area contributed by atoms with Crippen molar-refractivity contribution < 1.29 is 14.6 Å². The highest BCUT2D eigenvalue weighted by molar-refractivity contribution is 5.86. The number of carbonyl (C=O) groups is 1. The minimum atomic E-state index is -0.540. The minimum absolute atomic E-state index is 0.0545. The number of benzene rings is 1. The lowest BCUT2D eigenvalue weighted by Gasteiger charge is -2.38. The number of anilines is 5. The number of aromatic nitrogens is 2. The van der Waals surface area contributed by atoms with Crippen LogP contribution in [0.25, 0.3) is 0 Å². The number of rotatable bonds is 6. The third-order valence-electron chi connectivity index (χ3n) is 7.35. The zero-order chi connectivity index (χ0) is 28.0. The van der Waals surface area contributed by atoms with Gasteiger partial charge < -0.3 is 35.7 Å². The number of H-pyrrole nitrogens is 1. The van der Waals surface area contributed by atoms with E-state index >= 15 is 0 Å². The molecule has 10 heteroatoms. The van der Waals surface area contributed by atoms with Crippen LogP contribution >= 0.6 is 0 Å². The first-order valence-corrected chi connectivity index (χ1v) is 13.3. The average molecular weight is 535 g/mol. The standard InChI is InChI=1S/C15H24N2O.C14H14N4O3/c1-15(2,18)12-8-10-17(11-9-12)14-6-4-13(16-3)5-7-14;1-8-11(6-17-14-12(8)15-4-5-21-14)18-10-2-3-16-13(20)9(10)7-19/h4-7,12,16,18H,8-11H2,1-3H3;2-3,6-7,15H,4-5H2,1H3,(H2,16,18,20). The van der Waals surface area contributed by atoms with Crippen molar-refractivity contribution in [2.24, 2.45) is 5.92 Å². The Bertz CT molecular complexity index is 1330. The van der Waals surface area contributed by atoms with Crippen molar-refractivity contribution in [2.45, 2.75) is 39.2 Å². The summed E-state index contributed by atoms with van der Waals surface area (Å²) in [6, 6.07) is 10.2. The summed E-state index contributed by atoms with van der Waals surface area (Å²) >= 11 is 0. The van der Waals surface area contributed by atoms with Crippen molar-refractivity contribution in [1.82, 2.24) is 9.97 Å². The van der Waals surface area contributed by atoms with Crippen LogP contribution in [0.3, 0.4) is 0 Å². The highest BCUT2D eigenvalue weighted by Gasteiger charge is 2.30. The first kappa shape index (κ1) is 28.0. The molecule has 0 unspecified atom stereocenters. The molecule has 0 radical (unpaired) electrons. The molecule has 39 heavy (non-hydrogen) atoms. The molecule has 1 aromatic carbocycles. The Kier molecular flexibility index (Phi) is 8.75. The number of piperidine rings is 1. The third kappa shape index (κ3) is 6.69. The van der Waals surface area contributed by atoms with Crippen molar-refractivity contribution in [3.63, 3.8) is 0 Å².